The van der Waals surface area contributed by atoms with Gasteiger partial charge in [0, 0.05) is 29.4 Å². The zero-order chi connectivity index (χ0) is 14.1. The highest BCUT2D eigenvalue weighted by atomic mass is 79.9. The molecule has 1 heterocycles. The van der Waals surface area contributed by atoms with E-state index in [0.29, 0.717) is 11.8 Å². The van der Waals surface area contributed by atoms with E-state index < -0.39 is 0 Å². The van der Waals surface area contributed by atoms with Crippen molar-refractivity contribution in [3.8, 4) is 0 Å². The largest absolute Gasteiger partial charge is 0.299 e. The number of halogens is 2. The van der Waals surface area contributed by atoms with Gasteiger partial charge in [-0.25, -0.2) is 4.39 Å². The predicted molar refractivity (Wildman–Crippen MR) is 79.9 cm³/mol. The van der Waals surface area contributed by atoms with Crippen LogP contribution in [0.4, 0.5) is 4.39 Å². The van der Waals surface area contributed by atoms with Crippen molar-refractivity contribution in [3.05, 3.63) is 34.1 Å². The highest BCUT2D eigenvalue weighted by Crippen LogP contribution is 2.34. The van der Waals surface area contributed by atoms with Crippen LogP contribution in [0.1, 0.15) is 37.7 Å². The molecule has 20 heavy (non-hydrogen) atoms. The second-order valence-corrected chi connectivity index (χ2v) is 6.74. The number of nitrogens with zero attached hydrogens (tertiary/aromatic N) is 1. The Labute approximate surface area is 127 Å². The molecule has 1 aromatic rings. The molecule has 0 radical (unpaired) electrons. The summed E-state index contributed by atoms with van der Waals surface area (Å²) >= 11 is 3.44. The Balaban J connectivity index is 1.74. The topological polar surface area (TPSA) is 20.3 Å². The first kappa shape index (κ1) is 14.2. The summed E-state index contributed by atoms with van der Waals surface area (Å²) in [6, 6.07) is 5.25. The van der Waals surface area contributed by atoms with Gasteiger partial charge >= 0.3 is 0 Å². The van der Waals surface area contributed by atoms with Gasteiger partial charge in [0.2, 0.25) is 0 Å². The molecule has 1 saturated heterocycles. The summed E-state index contributed by atoms with van der Waals surface area (Å²) in [5.41, 5.74) is 1.10. The summed E-state index contributed by atoms with van der Waals surface area (Å²) < 4.78 is 14.0. The van der Waals surface area contributed by atoms with Crippen molar-refractivity contribution >= 4 is 21.7 Å². The Morgan fingerprint density at radius 1 is 1.30 bits per heavy atom. The minimum absolute atomic E-state index is 0.218. The number of carbonyl (C=O) groups excluding carboxylic acids is 1. The quantitative estimate of drug-likeness (QED) is 0.831. The van der Waals surface area contributed by atoms with Crippen molar-refractivity contribution in [2.24, 2.45) is 5.92 Å². The first-order chi connectivity index (χ1) is 9.65. The SMILES string of the molecule is O=C1CCCC1C1CCCN1Cc1ccc(F)cc1Br. The van der Waals surface area contributed by atoms with Gasteiger partial charge in [0.25, 0.3) is 0 Å². The van der Waals surface area contributed by atoms with Gasteiger partial charge in [-0.1, -0.05) is 22.0 Å². The molecule has 1 saturated carbocycles. The van der Waals surface area contributed by atoms with Crippen LogP contribution in [0.3, 0.4) is 0 Å². The highest BCUT2D eigenvalue weighted by molar-refractivity contribution is 9.10. The normalized spacial score (nSPS) is 27.4. The van der Waals surface area contributed by atoms with Gasteiger partial charge in [-0.2, -0.15) is 0 Å². The average molecular weight is 340 g/mol. The van der Waals surface area contributed by atoms with Gasteiger partial charge in [0.15, 0.2) is 0 Å². The highest BCUT2D eigenvalue weighted by Gasteiger charge is 2.37. The van der Waals surface area contributed by atoms with Crippen LogP contribution in [0.5, 0.6) is 0 Å². The molecule has 0 spiro atoms. The number of hydrogen-bond donors (Lipinski definition) is 0. The maximum absolute atomic E-state index is 13.1. The lowest BCUT2D eigenvalue weighted by Gasteiger charge is -2.28. The minimum atomic E-state index is -0.218. The molecule has 0 bridgehead atoms. The first-order valence-corrected chi connectivity index (χ1v) is 8.15. The number of Topliss-reactive ketones (excluding diaryl/α,β-unsaturated/α-hetero) is 1. The van der Waals surface area contributed by atoms with Gasteiger partial charge in [0.1, 0.15) is 11.6 Å². The first-order valence-electron chi connectivity index (χ1n) is 7.36. The Bertz CT molecular complexity index is 519. The fourth-order valence-electron chi connectivity index (χ4n) is 3.62. The molecule has 0 amide bonds. The lowest BCUT2D eigenvalue weighted by molar-refractivity contribution is -0.122. The standard InChI is InChI=1S/C16H19BrFNO/c17-14-9-12(18)7-6-11(14)10-19-8-2-4-15(19)13-3-1-5-16(13)20/h6-7,9,13,15H,1-5,8,10H2. The molecule has 2 atom stereocenters. The Morgan fingerprint density at radius 3 is 2.85 bits per heavy atom. The zero-order valence-corrected chi connectivity index (χ0v) is 13.0. The van der Waals surface area contributed by atoms with Gasteiger partial charge in [-0.05, 0) is 49.9 Å². The molecule has 0 N–H and O–H groups in total. The summed E-state index contributed by atoms with van der Waals surface area (Å²) in [5, 5.41) is 0. The van der Waals surface area contributed by atoms with Gasteiger partial charge in [-0.3, -0.25) is 9.69 Å². The molecule has 0 aromatic heterocycles. The number of hydrogen-bond acceptors (Lipinski definition) is 2. The van der Waals surface area contributed by atoms with E-state index in [1.807, 2.05) is 6.07 Å². The van der Waals surface area contributed by atoms with Crippen molar-refractivity contribution in [2.45, 2.75) is 44.7 Å². The molecule has 1 aromatic carbocycles. The van der Waals surface area contributed by atoms with Crippen LogP contribution in [0, 0.1) is 11.7 Å². The molecule has 4 heteroatoms. The van der Waals surface area contributed by atoms with Crippen molar-refractivity contribution in [1.82, 2.24) is 4.90 Å². The van der Waals surface area contributed by atoms with Crippen molar-refractivity contribution in [3.63, 3.8) is 0 Å². The summed E-state index contributed by atoms with van der Waals surface area (Å²) in [4.78, 5) is 14.4. The molecule has 2 aliphatic rings. The summed E-state index contributed by atoms with van der Waals surface area (Å²) in [6.45, 7) is 1.84. The lowest BCUT2D eigenvalue weighted by atomic mass is 9.95. The number of ketones is 1. The zero-order valence-electron chi connectivity index (χ0n) is 11.4. The van der Waals surface area contributed by atoms with Gasteiger partial charge in [0.05, 0.1) is 0 Å². The molecular formula is C16H19BrFNO. The molecule has 2 unspecified atom stereocenters. The number of likely N-dealkylation sites (tertiary alicyclic amines) is 1. The van der Waals surface area contributed by atoms with Crippen LogP contribution in [0.25, 0.3) is 0 Å². The maximum atomic E-state index is 13.1. The fourth-order valence-corrected chi connectivity index (χ4v) is 4.10. The Kier molecular flexibility index (Phi) is 4.22. The van der Waals surface area contributed by atoms with Crippen LogP contribution in [0.2, 0.25) is 0 Å². The van der Waals surface area contributed by atoms with E-state index in [0.717, 1.165) is 55.2 Å². The second kappa shape index (κ2) is 5.94. The van der Waals surface area contributed by atoms with E-state index in [9.17, 15) is 9.18 Å². The summed E-state index contributed by atoms with van der Waals surface area (Å²) in [7, 11) is 0. The van der Waals surface area contributed by atoms with Gasteiger partial charge in [-0.15, -0.1) is 0 Å². The van der Waals surface area contributed by atoms with E-state index in [4.69, 9.17) is 0 Å². The summed E-state index contributed by atoms with van der Waals surface area (Å²) in [6.07, 6.45) is 5.14. The minimum Gasteiger partial charge on any atom is -0.299 e. The molecule has 2 nitrogen and oxygen atoms in total. The Morgan fingerprint density at radius 2 is 2.15 bits per heavy atom. The number of carbonyl (C=O) groups is 1. The van der Waals surface area contributed by atoms with Crippen LogP contribution < -0.4 is 0 Å². The monoisotopic (exact) mass is 339 g/mol. The summed E-state index contributed by atoms with van der Waals surface area (Å²) in [5.74, 6) is 0.460. The van der Waals surface area contributed by atoms with E-state index in [1.54, 1.807) is 0 Å². The van der Waals surface area contributed by atoms with E-state index in [-0.39, 0.29) is 11.7 Å². The third-order valence-corrected chi connectivity index (χ3v) is 5.36. The smallest absolute Gasteiger partial charge is 0.137 e. The molecule has 108 valence electrons. The van der Waals surface area contributed by atoms with Crippen molar-refractivity contribution in [2.75, 3.05) is 6.54 Å². The third-order valence-electron chi connectivity index (χ3n) is 4.62. The van der Waals surface area contributed by atoms with E-state index in [1.165, 1.54) is 12.1 Å². The molecule has 1 aliphatic carbocycles. The third kappa shape index (κ3) is 2.82. The number of rotatable bonds is 3. The van der Waals surface area contributed by atoms with Crippen LogP contribution in [-0.2, 0) is 11.3 Å². The maximum Gasteiger partial charge on any atom is 0.137 e. The van der Waals surface area contributed by atoms with Gasteiger partial charge < -0.3 is 0 Å². The molecule has 2 fully saturated rings. The molecular weight excluding hydrogens is 321 g/mol. The fraction of sp³-hybridized carbons (Fsp3) is 0.562. The molecule has 3 rings (SSSR count). The van der Waals surface area contributed by atoms with Crippen LogP contribution in [0.15, 0.2) is 22.7 Å². The second-order valence-electron chi connectivity index (χ2n) is 5.88. The van der Waals surface area contributed by atoms with Crippen molar-refractivity contribution in [1.29, 1.82) is 0 Å². The predicted octanol–water partition coefficient (Wildman–Crippen LogP) is 3.92. The van der Waals surface area contributed by atoms with Crippen LogP contribution in [-0.4, -0.2) is 23.3 Å². The van der Waals surface area contributed by atoms with E-state index >= 15 is 0 Å². The number of benzene rings is 1. The average Bonchev–Trinajstić information content (AvgIpc) is 3.01. The van der Waals surface area contributed by atoms with Crippen molar-refractivity contribution < 1.29 is 9.18 Å². The molecule has 1 aliphatic heterocycles. The lowest BCUT2D eigenvalue weighted by Crippen LogP contribution is -2.37. The van der Waals surface area contributed by atoms with Crippen LogP contribution >= 0.6 is 15.9 Å². The Hall–Kier alpha value is -0.740. The van der Waals surface area contributed by atoms with E-state index in [2.05, 4.69) is 20.8 Å².